The van der Waals surface area contributed by atoms with Crippen molar-refractivity contribution in [1.82, 2.24) is 14.3 Å². The summed E-state index contributed by atoms with van der Waals surface area (Å²) in [7, 11) is -2.20. The third kappa shape index (κ3) is 4.57. The van der Waals surface area contributed by atoms with Gasteiger partial charge in [-0.05, 0) is 37.1 Å². The Morgan fingerprint density at radius 1 is 1.18 bits per heavy atom. The van der Waals surface area contributed by atoms with Crippen molar-refractivity contribution in [1.29, 1.82) is 0 Å². The fraction of sp³-hybridized carbons (Fsp3) is 0.389. The highest BCUT2D eigenvalue weighted by atomic mass is 32.2. The van der Waals surface area contributed by atoms with E-state index < -0.39 is 10.0 Å². The molecule has 0 aliphatic carbocycles. The Morgan fingerprint density at radius 3 is 2.50 bits per heavy atom. The Bertz CT molecular complexity index is 933. The van der Waals surface area contributed by atoms with Gasteiger partial charge in [-0.3, -0.25) is 4.79 Å². The Balaban J connectivity index is 1.72. The standard InChI is InChI=1S/C18H22N4O5S/c1-13(23)21-14-5-7-16(8-6-14)28(24,25)22-11-3-4-15(12-22)27-18-17(26-2)19-9-10-20-18/h5-10,15H,3-4,11-12H2,1-2H3,(H,21,23). The number of amides is 1. The molecule has 9 nitrogen and oxygen atoms in total. The number of sulfonamides is 1. The lowest BCUT2D eigenvalue weighted by molar-refractivity contribution is -0.114. The molecule has 1 aliphatic rings. The number of benzene rings is 1. The normalized spacial score (nSPS) is 17.7. The summed E-state index contributed by atoms with van der Waals surface area (Å²) in [4.78, 5) is 19.4. The average Bonchev–Trinajstić information content (AvgIpc) is 2.68. The Morgan fingerprint density at radius 2 is 1.86 bits per heavy atom. The van der Waals surface area contributed by atoms with E-state index in [4.69, 9.17) is 9.47 Å². The van der Waals surface area contributed by atoms with E-state index in [-0.39, 0.29) is 35.2 Å². The summed E-state index contributed by atoms with van der Waals surface area (Å²) in [6.45, 7) is 2.01. The van der Waals surface area contributed by atoms with Crippen molar-refractivity contribution in [2.45, 2.75) is 30.8 Å². The summed E-state index contributed by atoms with van der Waals surface area (Å²) in [5, 5.41) is 2.62. The van der Waals surface area contributed by atoms with Gasteiger partial charge in [0.2, 0.25) is 15.9 Å². The zero-order valence-electron chi connectivity index (χ0n) is 15.7. The predicted octanol–water partition coefficient (Wildman–Crippen LogP) is 1.68. The SMILES string of the molecule is COc1nccnc1OC1CCCN(S(=O)(=O)c2ccc(NC(C)=O)cc2)C1. The highest BCUT2D eigenvalue weighted by Crippen LogP contribution is 2.26. The zero-order chi connectivity index (χ0) is 20.1. The largest absolute Gasteiger partial charge is 0.477 e. The molecule has 10 heteroatoms. The fourth-order valence-electron chi connectivity index (χ4n) is 2.97. The minimum Gasteiger partial charge on any atom is -0.477 e. The highest BCUT2D eigenvalue weighted by Gasteiger charge is 2.32. The third-order valence-electron chi connectivity index (χ3n) is 4.26. The number of ether oxygens (including phenoxy) is 2. The van der Waals surface area contributed by atoms with Crippen molar-refractivity contribution < 1.29 is 22.7 Å². The first-order valence-corrected chi connectivity index (χ1v) is 10.2. The van der Waals surface area contributed by atoms with Crippen LogP contribution in [0.25, 0.3) is 0 Å². The number of nitrogens with zero attached hydrogens (tertiary/aromatic N) is 3. The first kappa shape index (κ1) is 20.0. The van der Waals surface area contributed by atoms with E-state index >= 15 is 0 Å². The molecule has 0 spiro atoms. The van der Waals surface area contributed by atoms with Crippen molar-refractivity contribution in [2.24, 2.45) is 0 Å². The molecule has 1 aliphatic heterocycles. The second-order valence-corrected chi connectivity index (χ2v) is 8.26. The van der Waals surface area contributed by atoms with Crippen LogP contribution < -0.4 is 14.8 Å². The second kappa shape index (κ2) is 8.53. The topological polar surface area (TPSA) is 111 Å². The monoisotopic (exact) mass is 406 g/mol. The van der Waals surface area contributed by atoms with Crippen LogP contribution >= 0.6 is 0 Å². The van der Waals surface area contributed by atoms with Crippen LogP contribution in [-0.4, -0.2) is 54.9 Å². The molecule has 2 aromatic rings. The summed E-state index contributed by atoms with van der Waals surface area (Å²) in [6, 6.07) is 6.10. The number of methoxy groups -OCH3 is 1. The van der Waals surface area contributed by atoms with Gasteiger partial charge in [0, 0.05) is 31.5 Å². The molecule has 1 fully saturated rings. The van der Waals surface area contributed by atoms with Crippen molar-refractivity contribution in [2.75, 3.05) is 25.5 Å². The third-order valence-corrected chi connectivity index (χ3v) is 6.14. The maximum absolute atomic E-state index is 13.0. The lowest BCUT2D eigenvalue weighted by atomic mass is 10.1. The number of aromatic nitrogens is 2. The molecule has 0 bridgehead atoms. The van der Waals surface area contributed by atoms with Crippen molar-refractivity contribution in [3.63, 3.8) is 0 Å². The molecule has 1 unspecified atom stereocenters. The van der Waals surface area contributed by atoms with Gasteiger partial charge in [-0.15, -0.1) is 0 Å². The maximum Gasteiger partial charge on any atom is 0.278 e. The number of nitrogens with one attached hydrogen (secondary N) is 1. The van der Waals surface area contributed by atoms with Crippen LogP contribution in [0.4, 0.5) is 5.69 Å². The molecule has 1 aromatic heterocycles. The van der Waals surface area contributed by atoms with E-state index in [1.54, 1.807) is 12.1 Å². The number of carbonyl (C=O) groups is 1. The molecular weight excluding hydrogens is 384 g/mol. The van der Waals surface area contributed by atoms with Gasteiger partial charge in [0.05, 0.1) is 18.6 Å². The summed E-state index contributed by atoms with van der Waals surface area (Å²) in [5.41, 5.74) is 0.543. The number of piperidine rings is 1. The molecule has 3 rings (SSSR count). The minimum atomic E-state index is -3.67. The summed E-state index contributed by atoms with van der Waals surface area (Å²) in [5.74, 6) is 0.288. The minimum absolute atomic E-state index is 0.166. The van der Waals surface area contributed by atoms with Crippen LogP contribution in [0.1, 0.15) is 19.8 Å². The molecule has 1 aromatic carbocycles. The molecule has 1 saturated heterocycles. The quantitative estimate of drug-likeness (QED) is 0.777. The lowest BCUT2D eigenvalue weighted by Gasteiger charge is -2.31. The molecule has 1 amide bonds. The van der Waals surface area contributed by atoms with E-state index in [9.17, 15) is 13.2 Å². The van der Waals surface area contributed by atoms with Crippen LogP contribution in [0, 0.1) is 0 Å². The van der Waals surface area contributed by atoms with Crippen molar-refractivity contribution >= 4 is 21.6 Å². The first-order chi connectivity index (χ1) is 13.4. The molecule has 150 valence electrons. The van der Waals surface area contributed by atoms with Crippen LogP contribution in [0.2, 0.25) is 0 Å². The van der Waals surface area contributed by atoms with Crippen LogP contribution in [0.15, 0.2) is 41.6 Å². The highest BCUT2D eigenvalue weighted by molar-refractivity contribution is 7.89. The van der Waals surface area contributed by atoms with Gasteiger partial charge in [-0.1, -0.05) is 0 Å². The number of hydrogen-bond donors (Lipinski definition) is 1. The van der Waals surface area contributed by atoms with Crippen LogP contribution in [-0.2, 0) is 14.8 Å². The summed E-state index contributed by atoms with van der Waals surface area (Å²) in [6.07, 6.45) is 4.00. The molecule has 1 atom stereocenters. The zero-order valence-corrected chi connectivity index (χ0v) is 16.5. The van der Waals surface area contributed by atoms with Gasteiger partial charge in [0.15, 0.2) is 0 Å². The molecular formula is C18H22N4O5S. The molecule has 2 heterocycles. The smallest absolute Gasteiger partial charge is 0.278 e. The first-order valence-electron chi connectivity index (χ1n) is 8.79. The molecule has 1 N–H and O–H groups in total. The number of hydrogen-bond acceptors (Lipinski definition) is 7. The molecule has 0 saturated carbocycles. The number of rotatable bonds is 6. The number of anilines is 1. The van der Waals surface area contributed by atoms with Crippen LogP contribution in [0.3, 0.4) is 0 Å². The van der Waals surface area contributed by atoms with Crippen LogP contribution in [0.5, 0.6) is 11.8 Å². The Hall–Kier alpha value is -2.72. The van der Waals surface area contributed by atoms with Crippen molar-refractivity contribution in [3.05, 3.63) is 36.7 Å². The number of carbonyl (C=O) groups excluding carboxylic acids is 1. The van der Waals surface area contributed by atoms with E-state index in [0.29, 0.717) is 25.1 Å². The van der Waals surface area contributed by atoms with Gasteiger partial charge >= 0.3 is 0 Å². The van der Waals surface area contributed by atoms with Gasteiger partial charge in [0.25, 0.3) is 11.8 Å². The van der Waals surface area contributed by atoms with Gasteiger partial charge < -0.3 is 14.8 Å². The van der Waals surface area contributed by atoms with E-state index in [1.165, 1.54) is 42.9 Å². The van der Waals surface area contributed by atoms with Crippen molar-refractivity contribution in [3.8, 4) is 11.8 Å². The fourth-order valence-corrected chi connectivity index (χ4v) is 4.48. The Kier molecular flexibility index (Phi) is 6.10. The molecule has 0 radical (unpaired) electrons. The predicted molar refractivity (Wildman–Crippen MR) is 102 cm³/mol. The van der Waals surface area contributed by atoms with Gasteiger partial charge in [-0.2, -0.15) is 4.31 Å². The van der Waals surface area contributed by atoms with E-state index in [2.05, 4.69) is 15.3 Å². The van der Waals surface area contributed by atoms with E-state index in [0.717, 1.165) is 0 Å². The summed E-state index contributed by atoms with van der Waals surface area (Å²) < 4.78 is 38.3. The van der Waals surface area contributed by atoms with Gasteiger partial charge in [0.1, 0.15) is 6.10 Å². The lowest BCUT2D eigenvalue weighted by Crippen LogP contribution is -2.44. The second-order valence-electron chi connectivity index (χ2n) is 6.32. The maximum atomic E-state index is 13.0. The Labute approximate surface area is 163 Å². The van der Waals surface area contributed by atoms with Gasteiger partial charge in [-0.25, -0.2) is 18.4 Å². The average molecular weight is 406 g/mol. The summed E-state index contributed by atoms with van der Waals surface area (Å²) >= 11 is 0. The van der Waals surface area contributed by atoms with E-state index in [1.807, 2.05) is 0 Å². The molecule has 28 heavy (non-hydrogen) atoms.